The summed E-state index contributed by atoms with van der Waals surface area (Å²) in [6.07, 6.45) is -4.61. The highest BCUT2D eigenvalue weighted by molar-refractivity contribution is 7.80. The van der Waals surface area contributed by atoms with Crippen LogP contribution in [-0.4, -0.2) is 17.2 Å². The maximum atomic E-state index is 13.3. The minimum absolute atomic E-state index is 0.0311. The molecule has 0 aliphatic rings. The summed E-state index contributed by atoms with van der Waals surface area (Å²) in [6.45, 7) is 0. The molecule has 1 heterocycles. The van der Waals surface area contributed by atoms with Crippen LogP contribution in [0.3, 0.4) is 0 Å². The number of para-hydroxylation sites is 1. The number of halogens is 5. The summed E-state index contributed by atoms with van der Waals surface area (Å²) in [7, 11) is 1.42. The summed E-state index contributed by atoms with van der Waals surface area (Å²) >= 11 is 17.4. The van der Waals surface area contributed by atoms with Crippen molar-refractivity contribution in [3.05, 3.63) is 70.3 Å². The number of thiocarbonyl (C=S) groups is 1. The van der Waals surface area contributed by atoms with Gasteiger partial charge in [-0.2, -0.15) is 13.2 Å². The molecule has 0 aliphatic heterocycles. The number of methoxy groups -OCH3 is 1. The molecule has 3 aromatic rings. The van der Waals surface area contributed by atoms with Crippen LogP contribution in [0.1, 0.15) is 5.69 Å². The number of rotatable bonds is 4. The van der Waals surface area contributed by atoms with Crippen molar-refractivity contribution in [1.29, 1.82) is 0 Å². The van der Waals surface area contributed by atoms with Gasteiger partial charge in [-0.25, -0.2) is 4.98 Å². The molecule has 0 amide bonds. The van der Waals surface area contributed by atoms with Gasteiger partial charge in [-0.3, -0.25) is 0 Å². The zero-order valence-electron chi connectivity index (χ0n) is 15.3. The van der Waals surface area contributed by atoms with Gasteiger partial charge < -0.3 is 15.4 Å². The van der Waals surface area contributed by atoms with Crippen molar-refractivity contribution in [1.82, 2.24) is 4.98 Å². The van der Waals surface area contributed by atoms with Gasteiger partial charge in [0.25, 0.3) is 0 Å². The van der Waals surface area contributed by atoms with Crippen molar-refractivity contribution in [2.75, 3.05) is 17.7 Å². The molecule has 0 saturated heterocycles. The number of alkyl halides is 3. The number of nitrogens with zero attached hydrogens (tertiary/aromatic N) is 1. The Bertz CT molecular complexity index is 1090. The maximum absolute atomic E-state index is 13.3. The molecule has 10 heteroatoms. The molecule has 0 aliphatic carbocycles. The van der Waals surface area contributed by atoms with Crippen LogP contribution < -0.4 is 15.4 Å². The molecular formula is C20H14Cl2F3N3OS. The van der Waals surface area contributed by atoms with Gasteiger partial charge in [-0.15, -0.1) is 0 Å². The van der Waals surface area contributed by atoms with E-state index in [4.69, 9.17) is 40.2 Å². The first kappa shape index (κ1) is 22.1. The summed E-state index contributed by atoms with van der Waals surface area (Å²) in [5.41, 5.74) is 0.0649. The largest absolute Gasteiger partial charge is 0.496 e. The molecule has 0 spiro atoms. The molecule has 30 heavy (non-hydrogen) atoms. The van der Waals surface area contributed by atoms with Gasteiger partial charge in [0.05, 0.1) is 34.2 Å². The van der Waals surface area contributed by atoms with E-state index in [2.05, 4.69) is 15.6 Å². The van der Waals surface area contributed by atoms with Crippen LogP contribution in [0.25, 0.3) is 11.3 Å². The van der Waals surface area contributed by atoms with Crippen LogP contribution in [0.2, 0.25) is 10.0 Å². The number of nitrogens with one attached hydrogen (secondary N) is 2. The molecular weight excluding hydrogens is 458 g/mol. The van der Waals surface area contributed by atoms with Crippen molar-refractivity contribution in [3.63, 3.8) is 0 Å². The predicted octanol–water partition coefficient (Wildman–Crippen LogP) is 6.89. The third-order valence-electron chi connectivity index (χ3n) is 4.00. The van der Waals surface area contributed by atoms with E-state index in [0.717, 1.165) is 6.07 Å². The number of ether oxygens (including phenoxy) is 1. The second-order valence-electron chi connectivity index (χ2n) is 5.97. The highest BCUT2D eigenvalue weighted by Crippen LogP contribution is 2.37. The Kier molecular flexibility index (Phi) is 6.70. The summed E-state index contributed by atoms with van der Waals surface area (Å²) in [4.78, 5) is 3.81. The molecule has 1 aromatic heterocycles. The lowest BCUT2D eigenvalue weighted by atomic mass is 10.1. The standard InChI is InChI=1S/C20H14Cl2F3N3OS/c1-29-15-8-3-2-5-11(15)18-14(9-10-16(28-18)20(23,24)25)27-19(30)26-13-7-4-6-12(21)17(13)22/h2-10H,1H3,(H2,26,27,30). The number of aromatic nitrogens is 1. The number of hydrogen-bond donors (Lipinski definition) is 2. The molecule has 0 saturated carbocycles. The monoisotopic (exact) mass is 471 g/mol. The van der Waals surface area contributed by atoms with Crippen molar-refractivity contribution < 1.29 is 17.9 Å². The van der Waals surface area contributed by atoms with E-state index in [9.17, 15) is 13.2 Å². The first-order valence-corrected chi connectivity index (χ1v) is 9.60. The van der Waals surface area contributed by atoms with E-state index in [1.54, 1.807) is 42.5 Å². The average molecular weight is 472 g/mol. The van der Waals surface area contributed by atoms with Gasteiger partial charge in [0, 0.05) is 5.56 Å². The highest BCUT2D eigenvalue weighted by Gasteiger charge is 2.33. The number of hydrogen-bond acceptors (Lipinski definition) is 3. The van der Waals surface area contributed by atoms with Crippen LogP contribution in [0.4, 0.5) is 24.5 Å². The molecule has 0 radical (unpaired) electrons. The van der Waals surface area contributed by atoms with Gasteiger partial charge in [-0.05, 0) is 48.6 Å². The fourth-order valence-electron chi connectivity index (χ4n) is 2.64. The van der Waals surface area contributed by atoms with E-state index in [1.165, 1.54) is 13.2 Å². The van der Waals surface area contributed by atoms with Gasteiger partial charge in [0.15, 0.2) is 5.11 Å². The molecule has 0 unspecified atom stereocenters. The maximum Gasteiger partial charge on any atom is 0.433 e. The van der Waals surface area contributed by atoms with Crippen LogP contribution in [0, 0.1) is 0 Å². The lowest BCUT2D eigenvalue weighted by Gasteiger charge is -2.17. The average Bonchev–Trinajstić information content (AvgIpc) is 2.71. The lowest BCUT2D eigenvalue weighted by molar-refractivity contribution is -0.141. The Morgan fingerprint density at radius 2 is 1.67 bits per heavy atom. The summed E-state index contributed by atoms with van der Waals surface area (Å²) in [6, 6.07) is 13.7. The Labute approximate surface area is 186 Å². The first-order chi connectivity index (χ1) is 14.2. The van der Waals surface area contributed by atoms with Gasteiger partial charge in [-0.1, -0.05) is 41.4 Å². The minimum Gasteiger partial charge on any atom is -0.496 e. The second kappa shape index (κ2) is 9.07. The van der Waals surface area contributed by atoms with Crippen molar-refractivity contribution in [2.45, 2.75) is 6.18 Å². The molecule has 0 atom stereocenters. The molecule has 3 rings (SSSR count). The van der Waals surface area contributed by atoms with Gasteiger partial charge in [0.1, 0.15) is 11.4 Å². The predicted molar refractivity (Wildman–Crippen MR) is 118 cm³/mol. The number of pyridine rings is 1. The van der Waals surface area contributed by atoms with E-state index in [1.807, 2.05) is 0 Å². The fourth-order valence-corrected chi connectivity index (χ4v) is 3.21. The van der Waals surface area contributed by atoms with Crippen molar-refractivity contribution in [2.24, 2.45) is 0 Å². The van der Waals surface area contributed by atoms with E-state index in [0.29, 0.717) is 22.0 Å². The number of benzene rings is 2. The zero-order chi connectivity index (χ0) is 21.9. The Morgan fingerprint density at radius 3 is 2.37 bits per heavy atom. The fraction of sp³-hybridized carbons (Fsp3) is 0.100. The molecule has 4 nitrogen and oxygen atoms in total. The lowest BCUT2D eigenvalue weighted by Crippen LogP contribution is -2.20. The van der Waals surface area contributed by atoms with Gasteiger partial charge >= 0.3 is 6.18 Å². The Morgan fingerprint density at radius 1 is 0.967 bits per heavy atom. The molecule has 0 fully saturated rings. The third-order valence-corrected chi connectivity index (χ3v) is 5.02. The normalized spacial score (nSPS) is 11.1. The summed E-state index contributed by atoms with van der Waals surface area (Å²) < 4.78 is 45.0. The van der Waals surface area contributed by atoms with E-state index in [-0.39, 0.29) is 21.5 Å². The topological polar surface area (TPSA) is 46.2 Å². The number of anilines is 2. The summed E-state index contributed by atoms with van der Waals surface area (Å²) in [5, 5.41) is 6.43. The van der Waals surface area contributed by atoms with Crippen LogP contribution >= 0.6 is 35.4 Å². The molecule has 2 N–H and O–H groups in total. The highest BCUT2D eigenvalue weighted by atomic mass is 35.5. The third kappa shape index (κ3) is 4.95. The van der Waals surface area contributed by atoms with Crippen LogP contribution in [0.15, 0.2) is 54.6 Å². The zero-order valence-corrected chi connectivity index (χ0v) is 17.7. The van der Waals surface area contributed by atoms with E-state index < -0.39 is 11.9 Å². The summed E-state index contributed by atoms with van der Waals surface area (Å²) in [5.74, 6) is 0.365. The van der Waals surface area contributed by atoms with Crippen LogP contribution in [-0.2, 0) is 6.18 Å². The Balaban J connectivity index is 1.99. The quantitative estimate of drug-likeness (QED) is 0.405. The Hall–Kier alpha value is -2.55. The minimum atomic E-state index is -4.61. The smallest absolute Gasteiger partial charge is 0.433 e. The molecule has 2 aromatic carbocycles. The SMILES string of the molecule is COc1ccccc1-c1nc(C(F)(F)F)ccc1NC(=S)Nc1cccc(Cl)c1Cl. The van der Waals surface area contributed by atoms with Gasteiger partial charge in [0.2, 0.25) is 0 Å². The van der Waals surface area contributed by atoms with Crippen molar-refractivity contribution >= 4 is 51.9 Å². The second-order valence-corrected chi connectivity index (χ2v) is 7.16. The first-order valence-electron chi connectivity index (χ1n) is 8.44. The van der Waals surface area contributed by atoms with Crippen LogP contribution in [0.5, 0.6) is 5.75 Å². The van der Waals surface area contributed by atoms with Crippen molar-refractivity contribution in [3.8, 4) is 17.0 Å². The molecule has 0 bridgehead atoms. The molecule has 156 valence electrons. The van der Waals surface area contributed by atoms with E-state index >= 15 is 0 Å².